The highest BCUT2D eigenvalue weighted by atomic mass is 79.9. The van der Waals surface area contributed by atoms with E-state index in [9.17, 15) is 9.59 Å². The maximum Gasteiger partial charge on any atom is 0.251 e. The molecule has 0 unspecified atom stereocenters. The van der Waals surface area contributed by atoms with Gasteiger partial charge in [0, 0.05) is 35.7 Å². The van der Waals surface area contributed by atoms with E-state index in [1.807, 2.05) is 6.07 Å². The van der Waals surface area contributed by atoms with E-state index in [1.54, 1.807) is 18.2 Å². The van der Waals surface area contributed by atoms with E-state index in [0.717, 1.165) is 36.9 Å². The first kappa shape index (κ1) is 20.6. The molecule has 1 aliphatic heterocycles. The lowest BCUT2D eigenvalue weighted by Gasteiger charge is -2.32. The minimum atomic E-state index is -0.246. The quantitative estimate of drug-likeness (QED) is 0.719. The minimum Gasteiger partial charge on any atom is -0.352 e. The van der Waals surface area contributed by atoms with Crippen molar-refractivity contribution in [2.45, 2.75) is 32.4 Å². The van der Waals surface area contributed by atoms with Crippen LogP contribution in [0.2, 0.25) is 0 Å². The third kappa shape index (κ3) is 6.17. The molecule has 1 saturated heterocycles. The van der Waals surface area contributed by atoms with E-state index in [4.69, 9.17) is 0 Å². The van der Waals surface area contributed by atoms with Crippen LogP contribution in [0.1, 0.15) is 34.3 Å². The Hall–Kier alpha value is -2.18. The Balaban J connectivity index is 1.38. The number of hydrogen-bond donors (Lipinski definition) is 2. The highest BCUT2D eigenvalue weighted by Crippen LogP contribution is 2.15. The second-order valence-electron chi connectivity index (χ2n) is 7.30. The Kier molecular flexibility index (Phi) is 7.23. The SMILES string of the molecule is Cc1cccc(CN2CCC(NC(=O)CNC(=O)c3cccc(Br)c3)CC2)c1. The molecule has 0 aliphatic carbocycles. The predicted octanol–water partition coefficient (Wildman–Crippen LogP) is 3.27. The topological polar surface area (TPSA) is 61.4 Å². The number of aryl methyl sites for hydroxylation is 1. The molecule has 148 valence electrons. The molecule has 0 radical (unpaired) electrons. The van der Waals surface area contributed by atoms with Gasteiger partial charge in [-0.05, 0) is 43.5 Å². The van der Waals surface area contributed by atoms with Crippen molar-refractivity contribution in [3.05, 3.63) is 69.7 Å². The lowest BCUT2D eigenvalue weighted by atomic mass is 10.0. The first-order chi connectivity index (χ1) is 13.5. The molecule has 6 heteroatoms. The average molecular weight is 444 g/mol. The average Bonchev–Trinajstić information content (AvgIpc) is 2.68. The summed E-state index contributed by atoms with van der Waals surface area (Å²) in [5, 5.41) is 5.72. The Morgan fingerprint density at radius 1 is 1.11 bits per heavy atom. The van der Waals surface area contributed by atoms with Gasteiger partial charge >= 0.3 is 0 Å². The van der Waals surface area contributed by atoms with Gasteiger partial charge in [0.2, 0.25) is 5.91 Å². The normalized spacial score (nSPS) is 15.2. The van der Waals surface area contributed by atoms with Gasteiger partial charge in [-0.1, -0.05) is 51.8 Å². The second kappa shape index (κ2) is 9.85. The first-order valence-electron chi connectivity index (χ1n) is 9.60. The van der Waals surface area contributed by atoms with Crippen LogP contribution in [-0.2, 0) is 11.3 Å². The number of rotatable bonds is 6. The third-order valence-electron chi connectivity index (χ3n) is 4.94. The van der Waals surface area contributed by atoms with E-state index < -0.39 is 0 Å². The highest BCUT2D eigenvalue weighted by Gasteiger charge is 2.21. The van der Waals surface area contributed by atoms with Crippen LogP contribution < -0.4 is 10.6 Å². The van der Waals surface area contributed by atoms with Crippen molar-refractivity contribution in [1.82, 2.24) is 15.5 Å². The van der Waals surface area contributed by atoms with Crippen molar-refractivity contribution >= 4 is 27.7 Å². The van der Waals surface area contributed by atoms with Crippen molar-refractivity contribution in [3.8, 4) is 0 Å². The molecule has 0 bridgehead atoms. The molecule has 28 heavy (non-hydrogen) atoms. The molecule has 0 spiro atoms. The van der Waals surface area contributed by atoms with Crippen LogP contribution >= 0.6 is 15.9 Å². The molecule has 3 rings (SSSR count). The molecule has 1 aliphatic rings. The summed E-state index contributed by atoms with van der Waals surface area (Å²) in [4.78, 5) is 26.7. The molecule has 0 saturated carbocycles. The maximum atomic E-state index is 12.2. The molecule has 2 amide bonds. The van der Waals surface area contributed by atoms with Crippen molar-refractivity contribution < 1.29 is 9.59 Å². The van der Waals surface area contributed by atoms with E-state index in [2.05, 4.69) is 62.7 Å². The number of halogens is 1. The van der Waals surface area contributed by atoms with Crippen molar-refractivity contribution in [1.29, 1.82) is 0 Å². The number of nitrogens with zero attached hydrogens (tertiary/aromatic N) is 1. The number of carbonyl (C=O) groups excluding carboxylic acids is 2. The second-order valence-corrected chi connectivity index (χ2v) is 8.22. The van der Waals surface area contributed by atoms with Gasteiger partial charge in [-0.2, -0.15) is 0 Å². The zero-order chi connectivity index (χ0) is 19.9. The summed E-state index contributed by atoms with van der Waals surface area (Å²) in [6.45, 7) is 4.98. The van der Waals surface area contributed by atoms with Crippen LogP contribution in [0.5, 0.6) is 0 Å². The summed E-state index contributed by atoms with van der Waals surface area (Å²) in [5.41, 5.74) is 3.15. The molecule has 2 N–H and O–H groups in total. The van der Waals surface area contributed by atoms with Crippen LogP contribution in [0.25, 0.3) is 0 Å². The van der Waals surface area contributed by atoms with Gasteiger partial charge in [-0.25, -0.2) is 0 Å². The maximum absolute atomic E-state index is 12.2. The number of nitrogens with one attached hydrogen (secondary N) is 2. The molecule has 1 fully saturated rings. The van der Waals surface area contributed by atoms with E-state index in [-0.39, 0.29) is 24.4 Å². The number of likely N-dealkylation sites (tertiary alicyclic amines) is 1. The zero-order valence-corrected chi connectivity index (χ0v) is 17.7. The summed E-state index contributed by atoms with van der Waals surface area (Å²) in [5.74, 6) is -0.384. The molecule has 2 aromatic rings. The van der Waals surface area contributed by atoms with E-state index >= 15 is 0 Å². The fourth-order valence-electron chi connectivity index (χ4n) is 3.48. The van der Waals surface area contributed by atoms with Gasteiger partial charge in [-0.3, -0.25) is 14.5 Å². The Labute approximate surface area is 174 Å². The van der Waals surface area contributed by atoms with Crippen LogP contribution in [0.15, 0.2) is 53.0 Å². The van der Waals surface area contributed by atoms with Gasteiger partial charge in [0.05, 0.1) is 6.54 Å². The van der Waals surface area contributed by atoms with Gasteiger partial charge in [0.1, 0.15) is 0 Å². The fourth-order valence-corrected chi connectivity index (χ4v) is 3.87. The van der Waals surface area contributed by atoms with Gasteiger partial charge in [0.15, 0.2) is 0 Å². The number of piperidine rings is 1. The summed E-state index contributed by atoms with van der Waals surface area (Å²) in [6, 6.07) is 15.9. The predicted molar refractivity (Wildman–Crippen MR) is 114 cm³/mol. The Bertz CT molecular complexity index is 832. The summed E-state index contributed by atoms with van der Waals surface area (Å²) in [7, 11) is 0. The lowest BCUT2D eigenvalue weighted by molar-refractivity contribution is -0.121. The molecule has 0 aromatic heterocycles. The highest BCUT2D eigenvalue weighted by molar-refractivity contribution is 9.10. The number of amides is 2. The molecule has 0 atom stereocenters. The number of benzene rings is 2. The van der Waals surface area contributed by atoms with Gasteiger partial charge in [0.25, 0.3) is 5.91 Å². The molecular formula is C22H26BrN3O2. The van der Waals surface area contributed by atoms with Crippen LogP contribution in [-0.4, -0.2) is 42.4 Å². The van der Waals surface area contributed by atoms with Gasteiger partial charge < -0.3 is 10.6 Å². The van der Waals surface area contributed by atoms with E-state index in [0.29, 0.717) is 5.56 Å². The minimum absolute atomic E-state index is 0.00511. The largest absolute Gasteiger partial charge is 0.352 e. The molecule has 1 heterocycles. The lowest BCUT2D eigenvalue weighted by Crippen LogP contribution is -2.47. The molecular weight excluding hydrogens is 418 g/mol. The molecule has 5 nitrogen and oxygen atoms in total. The van der Waals surface area contributed by atoms with Crippen LogP contribution in [0.3, 0.4) is 0 Å². The van der Waals surface area contributed by atoms with E-state index in [1.165, 1.54) is 11.1 Å². The monoisotopic (exact) mass is 443 g/mol. The standard InChI is InChI=1S/C22H26BrN3O2/c1-16-4-2-5-17(12-16)15-26-10-8-20(9-11-26)25-21(27)14-24-22(28)18-6-3-7-19(23)13-18/h2-7,12-13,20H,8-11,14-15H2,1H3,(H,24,28)(H,25,27). The summed E-state index contributed by atoms with van der Waals surface area (Å²) in [6.07, 6.45) is 1.86. The zero-order valence-electron chi connectivity index (χ0n) is 16.1. The third-order valence-corrected chi connectivity index (χ3v) is 5.43. The Morgan fingerprint density at radius 3 is 2.57 bits per heavy atom. The smallest absolute Gasteiger partial charge is 0.251 e. The van der Waals surface area contributed by atoms with Crippen LogP contribution in [0, 0.1) is 6.92 Å². The Morgan fingerprint density at radius 2 is 1.86 bits per heavy atom. The van der Waals surface area contributed by atoms with Crippen LogP contribution in [0.4, 0.5) is 0 Å². The fraction of sp³-hybridized carbons (Fsp3) is 0.364. The van der Waals surface area contributed by atoms with Gasteiger partial charge in [-0.15, -0.1) is 0 Å². The summed E-state index contributed by atoms with van der Waals surface area (Å²) < 4.78 is 0.835. The van der Waals surface area contributed by atoms with Crippen molar-refractivity contribution in [2.24, 2.45) is 0 Å². The molecule has 2 aromatic carbocycles. The first-order valence-corrected chi connectivity index (χ1v) is 10.4. The van der Waals surface area contributed by atoms with Crippen molar-refractivity contribution in [2.75, 3.05) is 19.6 Å². The number of carbonyl (C=O) groups is 2. The summed E-state index contributed by atoms with van der Waals surface area (Å²) >= 11 is 3.34. The van der Waals surface area contributed by atoms with Crippen molar-refractivity contribution in [3.63, 3.8) is 0 Å². The number of hydrogen-bond acceptors (Lipinski definition) is 3.